The number of nitrogens with zero attached hydrogens (tertiary/aromatic N) is 2. The van der Waals surface area contributed by atoms with E-state index < -0.39 is 0 Å². The molecule has 0 N–H and O–H groups in total. The highest BCUT2D eigenvalue weighted by molar-refractivity contribution is 5.99. The van der Waals surface area contributed by atoms with Gasteiger partial charge in [-0.1, -0.05) is 60.7 Å². The van der Waals surface area contributed by atoms with Gasteiger partial charge in [0.2, 0.25) is 12.1 Å². The molecule has 1 unspecified atom stereocenters. The molecule has 3 nitrogen and oxygen atoms in total. The predicted octanol–water partition coefficient (Wildman–Crippen LogP) is 2.04. The molecule has 0 saturated heterocycles. The average molecular weight is 449 g/mol. The van der Waals surface area contributed by atoms with Crippen molar-refractivity contribution in [2.24, 2.45) is 0 Å². The number of aromatic nitrogens is 2. The Kier molecular flexibility index (Phi) is 6.33. The lowest BCUT2D eigenvalue weighted by atomic mass is 10.0. The molecule has 0 amide bonds. The maximum Gasteiger partial charge on any atom is 0.245 e. The molecule has 0 aliphatic rings. The molecule has 0 saturated carbocycles. The van der Waals surface area contributed by atoms with E-state index in [-0.39, 0.29) is 28.8 Å². The van der Waals surface area contributed by atoms with Gasteiger partial charge in [0, 0.05) is 5.56 Å². The Morgan fingerprint density at radius 3 is 2.17 bits per heavy atom. The SMILES string of the molecule is Cc1cc2c(cc1C)[n+](Cc1ccccc1)cn2C(C)C(=O)c1ccccc1.[Br-]. The van der Waals surface area contributed by atoms with Crippen LogP contribution < -0.4 is 21.5 Å². The van der Waals surface area contributed by atoms with Gasteiger partial charge in [-0.15, -0.1) is 0 Å². The minimum absolute atomic E-state index is 0. The summed E-state index contributed by atoms with van der Waals surface area (Å²) in [4.78, 5) is 13.1. The van der Waals surface area contributed by atoms with Gasteiger partial charge in [0.05, 0.1) is 0 Å². The van der Waals surface area contributed by atoms with Gasteiger partial charge in [-0.05, 0) is 49.6 Å². The van der Waals surface area contributed by atoms with E-state index in [1.165, 1.54) is 16.7 Å². The summed E-state index contributed by atoms with van der Waals surface area (Å²) in [6, 6.07) is 24.1. The Labute approximate surface area is 182 Å². The lowest BCUT2D eigenvalue weighted by molar-refractivity contribution is -0.663. The predicted molar refractivity (Wildman–Crippen MR) is 113 cm³/mol. The molecule has 1 aromatic heterocycles. The Morgan fingerprint density at radius 1 is 0.931 bits per heavy atom. The first-order valence-electron chi connectivity index (χ1n) is 9.69. The van der Waals surface area contributed by atoms with Gasteiger partial charge in [0.25, 0.3) is 0 Å². The fraction of sp³-hybridized carbons (Fsp3) is 0.200. The second kappa shape index (κ2) is 8.75. The molecule has 4 rings (SSSR count). The third-order valence-corrected chi connectivity index (χ3v) is 5.49. The zero-order valence-corrected chi connectivity index (χ0v) is 18.6. The van der Waals surface area contributed by atoms with Gasteiger partial charge >= 0.3 is 0 Å². The van der Waals surface area contributed by atoms with E-state index in [1.54, 1.807) is 0 Å². The van der Waals surface area contributed by atoms with Crippen LogP contribution in [0.3, 0.4) is 0 Å². The molecule has 0 aliphatic heterocycles. The summed E-state index contributed by atoms with van der Waals surface area (Å²) in [5.41, 5.74) is 6.73. The van der Waals surface area contributed by atoms with Crippen molar-refractivity contribution < 1.29 is 26.3 Å². The van der Waals surface area contributed by atoms with Crippen LogP contribution in [0.4, 0.5) is 0 Å². The summed E-state index contributed by atoms with van der Waals surface area (Å²) in [5.74, 6) is 0.127. The molecule has 0 aliphatic carbocycles. The highest BCUT2D eigenvalue weighted by atomic mass is 79.9. The first-order chi connectivity index (χ1) is 13.5. The van der Waals surface area contributed by atoms with Gasteiger partial charge in [-0.3, -0.25) is 4.79 Å². The Hall–Kier alpha value is -2.72. The molecule has 1 heterocycles. The monoisotopic (exact) mass is 448 g/mol. The number of Topliss-reactive ketones (excluding diaryl/α,β-unsaturated/α-hetero) is 1. The highest BCUT2D eigenvalue weighted by Crippen LogP contribution is 2.23. The van der Waals surface area contributed by atoms with Gasteiger partial charge in [0.15, 0.2) is 17.1 Å². The van der Waals surface area contributed by atoms with Crippen LogP contribution in [0.1, 0.15) is 40.0 Å². The second-order valence-electron chi connectivity index (χ2n) is 7.47. The van der Waals surface area contributed by atoms with Crippen LogP contribution in [0.25, 0.3) is 11.0 Å². The summed E-state index contributed by atoms with van der Waals surface area (Å²) in [6.45, 7) is 7.02. The number of carbonyl (C=O) groups excluding carboxylic acids is 1. The van der Waals surface area contributed by atoms with Gasteiger partial charge in [-0.25, -0.2) is 9.13 Å². The minimum Gasteiger partial charge on any atom is -1.00 e. The zero-order chi connectivity index (χ0) is 19.7. The number of carbonyl (C=O) groups is 1. The van der Waals surface area contributed by atoms with Crippen molar-refractivity contribution in [2.45, 2.75) is 33.4 Å². The smallest absolute Gasteiger partial charge is 0.245 e. The molecule has 1 atom stereocenters. The van der Waals surface area contributed by atoms with E-state index in [0.29, 0.717) is 0 Å². The lowest BCUT2D eigenvalue weighted by Gasteiger charge is -2.08. The van der Waals surface area contributed by atoms with Crippen LogP contribution in [0.5, 0.6) is 0 Å². The number of imidazole rings is 1. The van der Waals surface area contributed by atoms with Crippen molar-refractivity contribution in [3.05, 3.63) is 101 Å². The number of hydrogen-bond acceptors (Lipinski definition) is 1. The van der Waals surface area contributed by atoms with E-state index in [4.69, 9.17) is 0 Å². The Balaban J connectivity index is 0.00000240. The largest absolute Gasteiger partial charge is 1.00 e. The molecule has 0 fully saturated rings. The fourth-order valence-electron chi connectivity index (χ4n) is 3.68. The number of halogens is 1. The van der Waals surface area contributed by atoms with Gasteiger partial charge in [0.1, 0.15) is 6.54 Å². The Morgan fingerprint density at radius 2 is 1.52 bits per heavy atom. The van der Waals surface area contributed by atoms with Gasteiger partial charge in [-0.2, -0.15) is 0 Å². The number of rotatable bonds is 5. The molecule has 148 valence electrons. The quantitative estimate of drug-likeness (QED) is 0.338. The number of benzene rings is 3. The standard InChI is InChI=1S/C25H25N2O.BrH/c1-18-14-23-24(15-19(18)2)27(17-26(23)16-21-10-6-4-7-11-21)20(3)25(28)22-12-8-5-9-13-22;/h4-15,17,20H,16H2,1-3H3;1H/q+1;/p-1. The zero-order valence-electron chi connectivity index (χ0n) is 17.0. The minimum atomic E-state index is -0.274. The normalized spacial score (nSPS) is 11.8. The van der Waals surface area contributed by atoms with Crippen molar-refractivity contribution in [3.63, 3.8) is 0 Å². The highest BCUT2D eigenvalue weighted by Gasteiger charge is 2.26. The third-order valence-electron chi connectivity index (χ3n) is 5.49. The summed E-state index contributed by atoms with van der Waals surface area (Å²) in [7, 11) is 0. The first-order valence-corrected chi connectivity index (χ1v) is 9.69. The average Bonchev–Trinajstić information content (AvgIpc) is 3.06. The number of fused-ring (bicyclic) bond motifs is 1. The van der Waals surface area contributed by atoms with Crippen LogP contribution in [0.15, 0.2) is 79.1 Å². The molecule has 3 aromatic carbocycles. The summed E-state index contributed by atoms with van der Waals surface area (Å²) in [6.07, 6.45) is 2.09. The summed E-state index contributed by atoms with van der Waals surface area (Å²) in [5, 5.41) is 0. The molecule has 0 radical (unpaired) electrons. The first kappa shape index (κ1) is 21.0. The van der Waals surface area contributed by atoms with Crippen molar-refractivity contribution in [1.29, 1.82) is 0 Å². The van der Waals surface area contributed by atoms with Crippen molar-refractivity contribution in [3.8, 4) is 0 Å². The molecule has 4 heteroatoms. The van der Waals surface area contributed by atoms with Crippen molar-refractivity contribution in [2.75, 3.05) is 0 Å². The van der Waals surface area contributed by atoms with Crippen LogP contribution in [0.2, 0.25) is 0 Å². The fourth-order valence-corrected chi connectivity index (χ4v) is 3.68. The van der Waals surface area contributed by atoms with E-state index in [2.05, 4.69) is 65.7 Å². The number of ketones is 1. The number of hydrogen-bond donors (Lipinski definition) is 0. The van der Waals surface area contributed by atoms with Crippen molar-refractivity contribution in [1.82, 2.24) is 4.57 Å². The van der Waals surface area contributed by atoms with E-state index >= 15 is 0 Å². The lowest BCUT2D eigenvalue weighted by Crippen LogP contribution is -3.00. The number of aryl methyl sites for hydroxylation is 2. The van der Waals surface area contributed by atoms with Crippen LogP contribution in [-0.4, -0.2) is 10.4 Å². The molecular formula is C25H25BrN2O. The molecule has 0 bridgehead atoms. The van der Waals surface area contributed by atoms with Gasteiger partial charge < -0.3 is 17.0 Å². The van der Waals surface area contributed by atoms with Crippen molar-refractivity contribution >= 4 is 16.8 Å². The van der Waals surface area contributed by atoms with E-state index in [9.17, 15) is 4.79 Å². The van der Waals surface area contributed by atoms with E-state index in [0.717, 1.165) is 23.1 Å². The Bertz CT molecular complexity index is 1130. The van der Waals surface area contributed by atoms with E-state index in [1.807, 2.05) is 43.3 Å². The van der Waals surface area contributed by atoms with Crippen LogP contribution in [0, 0.1) is 13.8 Å². The third kappa shape index (κ3) is 4.18. The second-order valence-corrected chi connectivity index (χ2v) is 7.47. The molecule has 29 heavy (non-hydrogen) atoms. The molecule has 0 spiro atoms. The van der Waals surface area contributed by atoms with Crippen LogP contribution in [-0.2, 0) is 6.54 Å². The summed E-state index contributed by atoms with van der Waals surface area (Å²) < 4.78 is 4.35. The maximum absolute atomic E-state index is 13.1. The molecular weight excluding hydrogens is 424 g/mol. The summed E-state index contributed by atoms with van der Waals surface area (Å²) >= 11 is 0. The molecule has 4 aromatic rings. The topological polar surface area (TPSA) is 25.9 Å². The van der Waals surface area contributed by atoms with Crippen LogP contribution >= 0.6 is 0 Å². The maximum atomic E-state index is 13.1.